The third kappa shape index (κ3) is 4.60. The summed E-state index contributed by atoms with van der Waals surface area (Å²) in [5, 5.41) is 38.8. The van der Waals surface area contributed by atoms with Gasteiger partial charge in [-0.3, -0.25) is 4.55 Å². The van der Waals surface area contributed by atoms with Crippen molar-refractivity contribution in [1.29, 1.82) is 0 Å². The van der Waals surface area contributed by atoms with Crippen LogP contribution in [0.15, 0.2) is 0 Å². The van der Waals surface area contributed by atoms with Gasteiger partial charge >= 0.3 is 10.1 Å². The summed E-state index contributed by atoms with van der Waals surface area (Å²) in [4.78, 5) is -3.23. The highest BCUT2D eigenvalue weighted by molar-refractivity contribution is 7.87. The van der Waals surface area contributed by atoms with Crippen LogP contribution in [0.4, 0.5) is 0 Å². The smallest absolute Gasteiger partial charge is 0.303 e. The molecule has 0 bridgehead atoms. The van der Waals surface area contributed by atoms with E-state index in [2.05, 4.69) is 6.92 Å². The maximum Gasteiger partial charge on any atom is 0.303 e. The van der Waals surface area contributed by atoms with E-state index in [4.69, 9.17) is 14.6 Å². The fraction of sp³-hybridized carbons (Fsp3) is 1.00. The number of rotatable bonds is 9. The second-order valence-corrected chi connectivity index (χ2v) is 7.24. The maximum absolute atomic E-state index is 11.5. The van der Waals surface area contributed by atoms with Crippen LogP contribution in [0, 0.1) is 0 Å². The van der Waals surface area contributed by atoms with Crippen molar-refractivity contribution in [2.75, 3.05) is 13.2 Å². The monoisotopic (exact) mass is 358 g/mol. The van der Waals surface area contributed by atoms with Gasteiger partial charge in [-0.25, -0.2) is 0 Å². The van der Waals surface area contributed by atoms with E-state index in [0.717, 1.165) is 25.7 Å². The lowest BCUT2D eigenvalue weighted by Gasteiger charge is -2.45. The Hall–Kier alpha value is -0.330. The fourth-order valence-corrected chi connectivity index (χ4v) is 3.22. The number of aliphatic hydroxyl groups is 4. The Kier molecular flexibility index (Phi) is 7.81. The minimum atomic E-state index is -5.23. The molecule has 0 spiro atoms. The Bertz CT molecular complexity index is 454. The largest absolute Gasteiger partial charge is 0.394 e. The van der Waals surface area contributed by atoms with E-state index >= 15 is 0 Å². The number of ether oxygens (including phenoxy) is 2. The second-order valence-electron chi connectivity index (χ2n) is 5.64. The molecular weight excluding hydrogens is 332 g/mol. The van der Waals surface area contributed by atoms with Crippen LogP contribution in [0.5, 0.6) is 0 Å². The molecule has 0 aromatic carbocycles. The fourth-order valence-electron chi connectivity index (χ4n) is 2.40. The third-order valence-electron chi connectivity index (χ3n) is 3.87. The van der Waals surface area contributed by atoms with E-state index in [9.17, 15) is 28.3 Å². The third-order valence-corrected chi connectivity index (χ3v) is 5.13. The molecule has 0 aromatic heterocycles. The summed E-state index contributed by atoms with van der Waals surface area (Å²) < 4.78 is 42.3. The van der Waals surface area contributed by atoms with Crippen LogP contribution in [0.25, 0.3) is 0 Å². The summed E-state index contributed by atoms with van der Waals surface area (Å²) in [5.74, 6) is 0. The molecule has 0 radical (unpaired) electrons. The van der Waals surface area contributed by atoms with E-state index < -0.39 is 46.3 Å². The summed E-state index contributed by atoms with van der Waals surface area (Å²) in [6, 6.07) is 0. The summed E-state index contributed by atoms with van der Waals surface area (Å²) in [6.45, 7) is 1.35. The second kappa shape index (κ2) is 8.67. The molecule has 9 nitrogen and oxygen atoms in total. The van der Waals surface area contributed by atoms with Gasteiger partial charge in [-0.05, 0) is 6.42 Å². The molecule has 1 unspecified atom stereocenters. The Balaban J connectivity index is 2.78. The van der Waals surface area contributed by atoms with Gasteiger partial charge in [-0.15, -0.1) is 0 Å². The highest BCUT2D eigenvalue weighted by Crippen LogP contribution is 2.34. The van der Waals surface area contributed by atoms with Gasteiger partial charge in [-0.2, -0.15) is 8.42 Å². The van der Waals surface area contributed by atoms with Crippen LogP contribution in [-0.2, 0) is 19.6 Å². The van der Waals surface area contributed by atoms with Crippen LogP contribution in [0.1, 0.15) is 39.0 Å². The van der Waals surface area contributed by atoms with E-state index in [0.29, 0.717) is 6.42 Å². The number of aliphatic hydroxyl groups excluding tert-OH is 3. The Labute approximate surface area is 135 Å². The van der Waals surface area contributed by atoms with Crippen LogP contribution in [-0.4, -0.2) is 76.1 Å². The minimum absolute atomic E-state index is 0.0210. The summed E-state index contributed by atoms with van der Waals surface area (Å²) in [7, 11) is -5.23. The first kappa shape index (κ1) is 20.7. The van der Waals surface area contributed by atoms with E-state index in [1.165, 1.54) is 0 Å². The van der Waals surface area contributed by atoms with Crippen LogP contribution >= 0.6 is 0 Å². The molecule has 1 aliphatic heterocycles. The summed E-state index contributed by atoms with van der Waals surface area (Å²) >= 11 is 0. The normalized spacial score (nSPS) is 35.4. The first-order chi connectivity index (χ1) is 10.7. The van der Waals surface area contributed by atoms with Crippen LogP contribution < -0.4 is 0 Å². The van der Waals surface area contributed by atoms with Gasteiger partial charge in [0.25, 0.3) is 4.93 Å². The molecule has 0 aliphatic carbocycles. The summed E-state index contributed by atoms with van der Waals surface area (Å²) in [6.07, 6.45) is -3.04. The number of hydrogen-bond donors (Lipinski definition) is 5. The lowest BCUT2D eigenvalue weighted by molar-refractivity contribution is -0.316. The molecule has 0 aromatic rings. The molecule has 0 saturated carbocycles. The molecule has 1 saturated heterocycles. The maximum atomic E-state index is 11.5. The summed E-state index contributed by atoms with van der Waals surface area (Å²) in [5.41, 5.74) is 0. The van der Waals surface area contributed by atoms with Crippen molar-refractivity contribution in [2.45, 2.75) is 68.6 Å². The van der Waals surface area contributed by atoms with Crippen molar-refractivity contribution in [3.63, 3.8) is 0 Å². The Morgan fingerprint density at radius 1 is 1.17 bits per heavy atom. The molecule has 0 amide bonds. The van der Waals surface area contributed by atoms with Gasteiger partial charge in [0.1, 0.15) is 18.3 Å². The topological polar surface area (TPSA) is 154 Å². The van der Waals surface area contributed by atoms with Gasteiger partial charge < -0.3 is 29.9 Å². The van der Waals surface area contributed by atoms with Gasteiger partial charge in [0.2, 0.25) is 6.29 Å². The van der Waals surface area contributed by atoms with Gasteiger partial charge in [0.15, 0.2) is 0 Å². The molecular formula is C13H26O9S. The van der Waals surface area contributed by atoms with Crippen molar-refractivity contribution in [3.05, 3.63) is 0 Å². The average Bonchev–Trinajstić information content (AvgIpc) is 2.49. The molecule has 5 atom stereocenters. The lowest BCUT2D eigenvalue weighted by atomic mass is 9.98. The highest BCUT2D eigenvalue weighted by Gasteiger charge is 2.63. The first-order valence-corrected chi connectivity index (χ1v) is 9.07. The quantitative estimate of drug-likeness (QED) is 0.257. The van der Waals surface area contributed by atoms with Crippen LogP contribution in [0.2, 0.25) is 0 Å². The molecule has 5 N–H and O–H groups in total. The average molecular weight is 358 g/mol. The zero-order chi connectivity index (χ0) is 17.7. The predicted molar refractivity (Wildman–Crippen MR) is 79.0 cm³/mol. The highest BCUT2D eigenvalue weighted by atomic mass is 32.2. The molecule has 1 aliphatic rings. The minimum Gasteiger partial charge on any atom is -0.394 e. The molecule has 23 heavy (non-hydrogen) atoms. The standard InChI is InChI=1S/C13H26O9S/c1-2-3-4-5-6-7-21-12-13(17,23(18,19)20)11(16)10(15)9(8-14)22-12/h9-12,14-17H,2-8H2,1H3,(H,18,19,20)/t9-,10-,11+,12?,13+/m1/s1. The molecule has 1 rings (SSSR count). The molecule has 1 heterocycles. The Morgan fingerprint density at radius 3 is 2.30 bits per heavy atom. The van der Waals surface area contributed by atoms with Crippen LogP contribution in [0.3, 0.4) is 0 Å². The Morgan fingerprint density at radius 2 is 1.78 bits per heavy atom. The number of hydrogen-bond acceptors (Lipinski definition) is 8. The van der Waals surface area contributed by atoms with Crippen molar-refractivity contribution < 1.29 is 42.9 Å². The van der Waals surface area contributed by atoms with Gasteiger partial charge in [-0.1, -0.05) is 32.6 Å². The zero-order valence-electron chi connectivity index (χ0n) is 13.0. The molecule has 138 valence electrons. The SMILES string of the molecule is CCCCCCCOC1O[C@H](CO)[C@@H](O)[C@H](O)[C@]1(O)S(=O)(=O)O. The number of unbranched alkanes of at least 4 members (excludes halogenated alkanes) is 4. The van der Waals surface area contributed by atoms with E-state index in [1.807, 2.05) is 0 Å². The van der Waals surface area contributed by atoms with Gasteiger partial charge in [0.05, 0.1) is 6.61 Å². The van der Waals surface area contributed by atoms with Crippen molar-refractivity contribution in [2.24, 2.45) is 0 Å². The van der Waals surface area contributed by atoms with Crippen molar-refractivity contribution in [1.82, 2.24) is 0 Å². The molecule has 1 fully saturated rings. The van der Waals surface area contributed by atoms with Crippen molar-refractivity contribution >= 4 is 10.1 Å². The van der Waals surface area contributed by atoms with E-state index in [1.54, 1.807) is 0 Å². The van der Waals surface area contributed by atoms with Gasteiger partial charge in [0, 0.05) is 6.61 Å². The first-order valence-electron chi connectivity index (χ1n) is 7.63. The molecule has 10 heteroatoms. The van der Waals surface area contributed by atoms with Crippen molar-refractivity contribution in [3.8, 4) is 0 Å². The lowest BCUT2D eigenvalue weighted by Crippen LogP contribution is -2.70. The van der Waals surface area contributed by atoms with E-state index in [-0.39, 0.29) is 6.61 Å². The zero-order valence-corrected chi connectivity index (χ0v) is 13.9. The predicted octanol–water partition coefficient (Wildman–Crippen LogP) is -1.01.